The van der Waals surface area contributed by atoms with Gasteiger partial charge in [0, 0.05) is 11.1 Å². The van der Waals surface area contributed by atoms with E-state index in [1.807, 2.05) is 63.2 Å². The quantitative estimate of drug-likeness (QED) is 0.708. The van der Waals surface area contributed by atoms with Crippen molar-refractivity contribution in [3.8, 4) is 0 Å². The van der Waals surface area contributed by atoms with Gasteiger partial charge in [-0.2, -0.15) is 0 Å². The molecule has 1 nitrogen and oxygen atoms in total. The lowest BCUT2D eigenvalue weighted by Gasteiger charge is -2.08. The van der Waals surface area contributed by atoms with Gasteiger partial charge in [-0.15, -0.1) is 0 Å². The van der Waals surface area contributed by atoms with Gasteiger partial charge in [0.15, 0.2) is 5.78 Å². The summed E-state index contributed by atoms with van der Waals surface area (Å²) in [4.78, 5) is 12.4. The summed E-state index contributed by atoms with van der Waals surface area (Å²) in [7, 11) is 0. The molecule has 0 fully saturated rings. The molecule has 0 heterocycles. The zero-order chi connectivity index (χ0) is 12.4. The molecule has 0 aliphatic carbocycles. The maximum atomic E-state index is 12.4. The van der Waals surface area contributed by atoms with Crippen LogP contribution in [0, 0.1) is 20.8 Å². The lowest BCUT2D eigenvalue weighted by molar-refractivity contribution is 0.103. The van der Waals surface area contributed by atoms with Crippen LogP contribution in [-0.2, 0) is 0 Å². The zero-order valence-electron chi connectivity index (χ0n) is 10.4. The number of rotatable bonds is 2. The van der Waals surface area contributed by atoms with Crippen molar-refractivity contribution in [2.75, 3.05) is 0 Å². The van der Waals surface area contributed by atoms with Crippen molar-refractivity contribution in [3.63, 3.8) is 0 Å². The van der Waals surface area contributed by atoms with Gasteiger partial charge in [-0.1, -0.05) is 42.0 Å². The Balaban J connectivity index is 2.51. The molecular weight excluding hydrogens is 208 g/mol. The molecule has 0 radical (unpaired) electrons. The fourth-order valence-corrected chi connectivity index (χ4v) is 2.10. The van der Waals surface area contributed by atoms with Gasteiger partial charge >= 0.3 is 0 Å². The van der Waals surface area contributed by atoms with E-state index in [1.54, 1.807) is 0 Å². The van der Waals surface area contributed by atoms with E-state index in [-0.39, 0.29) is 5.78 Å². The molecule has 0 saturated carbocycles. The third kappa shape index (κ3) is 2.28. The van der Waals surface area contributed by atoms with E-state index in [4.69, 9.17) is 0 Å². The summed E-state index contributed by atoms with van der Waals surface area (Å²) < 4.78 is 0. The molecule has 2 aromatic rings. The Labute approximate surface area is 102 Å². The van der Waals surface area contributed by atoms with Crippen molar-refractivity contribution in [2.45, 2.75) is 20.8 Å². The molecule has 0 aromatic heterocycles. The highest BCUT2D eigenvalue weighted by Crippen LogP contribution is 2.18. The molecular formula is C16H16O. The average Bonchev–Trinajstić information content (AvgIpc) is 2.28. The first kappa shape index (κ1) is 11.6. The second kappa shape index (κ2) is 4.54. The first-order chi connectivity index (χ1) is 8.09. The molecule has 0 unspecified atom stereocenters. The first-order valence-corrected chi connectivity index (χ1v) is 5.77. The fraction of sp³-hybridized carbons (Fsp3) is 0.188. The second-order valence-electron chi connectivity index (χ2n) is 4.47. The molecule has 0 bridgehead atoms. The lowest BCUT2D eigenvalue weighted by Crippen LogP contribution is -2.06. The molecule has 2 rings (SSSR count). The van der Waals surface area contributed by atoms with E-state index in [9.17, 15) is 4.79 Å². The summed E-state index contributed by atoms with van der Waals surface area (Å²) in [6, 6.07) is 13.7. The molecule has 0 aliphatic rings. The Morgan fingerprint density at radius 1 is 0.882 bits per heavy atom. The Morgan fingerprint density at radius 3 is 2.06 bits per heavy atom. The number of ketones is 1. The number of hydrogen-bond donors (Lipinski definition) is 0. The first-order valence-electron chi connectivity index (χ1n) is 5.77. The van der Waals surface area contributed by atoms with Crippen LogP contribution in [0.3, 0.4) is 0 Å². The van der Waals surface area contributed by atoms with Gasteiger partial charge in [0.25, 0.3) is 0 Å². The minimum absolute atomic E-state index is 0.115. The highest BCUT2D eigenvalue weighted by molar-refractivity contribution is 6.10. The van der Waals surface area contributed by atoms with Crippen LogP contribution in [0.1, 0.15) is 32.6 Å². The molecule has 2 aromatic carbocycles. The molecule has 0 saturated heterocycles. The topological polar surface area (TPSA) is 17.1 Å². The molecule has 0 aliphatic heterocycles. The third-order valence-corrected chi connectivity index (χ3v) is 2.99. The summed E-state index contributed by atoms with van der Waals surface area (Å²) in [6.45, 7) is 5.97. The Kier molecular flexibility index (Phi) is 3.10. The largest absolute Gasteiger partial charge is 0.289 e. The predicted molar refractivity (Wildman–Crippen MR) is 70.5 cm³/mol. The number of carbonyl (C=O) groups is 1. The molecule has 17 heavy (non-hydrogen) atoms. The lowest BCUT2D eigenvalue weighted by atomic mass is 9.94. The molecule has 0 spiro atoms. The van der Waals surface area contributed by atoms with E-state index >= 15 is 0 Å². The van der Waals surface area contributed by atoms with Crippen LogP contribution in [0.4, 0.5) is 0 Å². The van der Waals surface area contributed by atoms with Gasteiger partial charge in [0.1, 0.15) is 0 Å². The highest BCUT2D eigenvalue weighted by Gasteiger charge is 2.13. The van der Waals surface area contributed by atoms with Crippen LogP contribution in [0.15, 0.2) is 42.5 Å². The van der Waals surface area contributed by atoms with Gasteiger partial charge in [0.05, 0.1) is 0 Å². The highest BCUT2D eigenvalue weighted by atomic mass is 16.1. The van der Waals surface area contributed by atoms with E-state index in [0.29, 0.717) is 0 Å². The van der Waals surface area contributed by atoms with Crippen molar-refractivity contribution in [1.82, 2.24) is 0 Å². The van der Waals surface area contributed by atoms with Gasteiger partial charge in [0.2, 0.25) is 0 Å². The molecule has 0 atom stereocenters. The van der Waals surface area contributed by atoms with Crippen molar-refractivity contribution in [3.05, 3.63) is 70.3 Å². The molecule has 0 N–H and O–H groups in total. The van der Waals surface area contributed by atoms with E-state index in [1.165, 1.54) is 0 Å². The Bertz CT molecular complexity index is 547. The van der Waals surface area contributed by atoms with Gasteiger partial charge in [-0.05, 0) is 38.0 Å². The van der Waals surface area contributed by atoms with Gasteiger partial charge in [-0.25, -0.2) is 0 Å². The zero-order valence-corrected chi connectivity index (χ0v) is 10.4. The standard InChI is InChI=1S/C16H16O/c1-11-6-4-9-14(10-11)16(17)15-12(2)7-5-8-13(15)3/h4-10H,1-3H3. The number of carbonyl (C=O) groups excluding carboxylic acids is 1. The molecule has 1 heteroatoms. The maximum Gasteiger partial charge on any atom is 0.193 e. The van der Waals surface area contributed by atoms with Crippen LogP contribution < -0.4 is 0 Å². The number of hydrogen-bond acceptors (Lipinski definition) is 1. The van der Waals surface area contributed by atoms with Crippen molar-refractivity contribution < 1.29 is 4.79 Å². The van der Waals surface area contributed by atoms with E-state index < -0.39 is 0 Å². The summed E-state index contributed by atoms with van der Waals surface area (Å²) >= 11 is 0. The minimum atomic E-state index is 0.115. The predicted octanol–water partition coefficient (Wildman–Crippen LogP) is 3.84. The summed E-state index contributed by atoms with van der Waals surface area (Å²) in [6.07, 6.45) is 0. The fourth-order valence-electron chi connectivity index (χ4n) is 2.10. The maximum absolute atomic E-state index is 12.4. The summed E-state index contributed by atoms with van der Waals surface area (Å²) in [5.74, 6) is 0.115. The van der Waals surface area contributed by atoms with Crippen LogP contribution in [0.5, 0.6) is 0 Å². The van der Waals surface area contributed by atoms with Gasteiger partial charge in [-0.3, -0.25) is 4.79 Å². The van der Waals surface area contributed by atoms with Crippen molar-refractivity contribution >= 4 is 5.78 Å². The molecule has 0 amide bonds. The second-order valence-corrected chi connectivity index (χ2v) is 4.47. The van der Waals surface area contributed by atoms with Crippen LogP contribution in [-0.4, -0.2) is 5.78 Å². The van der Waals surface area contributed by atoms with Crippen LogP contribution in [0.25, 0.3) is 0 Å². The number of benzene rings is 2. The van der Waals surface area contributed by atoms with Crippen molar-refractivity contribution in [2.24, 2.45) is 0 Å². The van der Waals surface area contributed by atoms with Crippen LogP contribution in [0.2, 0.25) is 0 Å². The SMILES string of the molecule is Cc1cccc(C(=O)c2c(C)cccc2C)c1. The Morgan fingerprint density at radius 2 is 1.47 bits per heavy atom. The number of aryl methyl sites for hydroxylation is 3. The smallest absolute Gasteiger partial charge is 0.193 e. The summed E-state index contributed by atoms with van der Waals surface area (Å²) in [5.41, 5.74) is 4.79. The molecule has 86 valence electrons. The van der Waals surface area contributed by atoms with E-state index in [0.717, 1.165) is 27.8 Å². The third-order valence-electron chi connectivity index (χ3n) is 2.99. The average molecular weight is 224 g/mol. The van der Waals surface area contributed by atoms with Crippen LogP contribution >= 0.6 is 0 Å². The monoisotopic (exact) mass is 224 g/mol. The Hall–Kier alpha value is -1.89. The van der Waals surface area contributed by atoms with Crippen molar-refractivity contribution in [1.29, 1.82) is 0 Å². The van der Waals surface area contributed by atoms with E-state index in [2.05, 4.69) is 0 Å². The minimum Gasteiger partial charge on any atom is -0.289 e. The van der Waals surface area contributed by atoms with Gasteiger partial charge < -0.3 is 0 Å². The normalized spacial score (nSPS) is 10.3. The summed E-state index contributed by atoms with van der Waals surface area (Å²) in [5, 5.41) is 0.